The van der Waals surface area contributed by atoms with Crippen molar-refractivity contribution in [1.29, 1.82) is 0 Å². The number of alkyl halides is 3. The molecule has 0 aliphatic carbocycles. The number of rotatable bonds is 3. The van der Waals surface area contributed by atoms with Gasteiger partial charge in [-0.25, -0.2) is 0 Å². The minimum absolute atomic E-state index is 0. The molecular formula is C8H14ClF3N2OS. The van der Waals surface area contributed by atoms with Gasteiger partial charge in [-0.05, 0) is 31.1 Å². The van der Waals surface area contributed by atoms with Gasteiger partial charge in [0.1, 0.15) is 0 Å². The van der Waals surface area contributed by atoms with Gasteiger partial charge in [-0.2, -0.15) is 13.2 Å². The van der Waals surface area contributed by atoms with Gasteiger partial charge in [-0.15, -0.1) is 12.4 Å². The molecule has 0 radical (unpaired) electrons. The Morgan fingerprint density at radius 2 is 2.19 bits per heavy atom. The summed E-state index contributed by atoms with van der Waals surface area (Å²) in [6, 6.07) is -0.0277. The van der Waals surface area contributed by atoms with Gasteiger partial charge in [0.15, 0.2) is 0 Å². The lowest BCUT2D eigenvalue weighted by molar-refractivity contribution is -0.119. The molecule has 1 aliphatic rings. The van der Waals surface area contributed by atoms with Crippen molar-refractivity contribution in [3.8, 4) is 0 Å². The molecule has 0 spiro atoms. The van der Waals surface area contributed by atoms with E-state index < -0.39 is 17.2 Å². The standard InChI is InChI=1S/C8H13F3N2OS.ClH/c9-8(10,11)15-5-7(14)13-6-2-1-3-12-4-6;/h6,12H,1-5H2,(H,13,14);1H/t6-;/m0./s1. The number of nitrogens with one attached hydrogen (secondary N) is 2. The monoisotopic (exact) mass is 278 g/mol. The van der Waals surface area contributed by atoms with Crippen LogP contribution in [0.1, 0.15) is 12.8 Å². The summed E-state index contributed by atoms with van der Waals surface area (Å²) in [4.78, 5) is 11.1. The summed E-state index contributed by atoms with van der Waals surface area (Å²) in [6.07, 6.45) is 1.77. The third-order valence-corrected chi connectivity index (χ3v) is 2.76. The largest absolute Gasteiger partial charge is 0.442 e. The highest BCUT2D eigenvalue weighted by atomic mass is 35.5. The lowest BCUT2D eigenvalue weighted by Gasteiger charge is -2.23. The number of carbonyl (C=O) groups is 1. The van der Waals surface area contributed by atoms with Gasteiger partial charge in [0, 0.05) is 12.6 Å². The van der Waals surface area contributed by atoms with Crippen molar-refractivity contribution in [3.05, 3.63) is 0 Å². The van der Waals surface area contributed by atoms with Crippen LogP contribution in [0.3, 0.4) is 0 Å². The Morgan fingerprint density at radius 1 is 1.50 bits per heavy atom. The second-order valence-corrected chi connectivity index (χ2v) is 4.39. The Hall–Kier alpha value is -0.140. The van der Waals surface area contributed by atoms with Gasteiger partial charge < -0.3 is 10.6 Å². The molecule has 1 aliphatic heterocycles. The average molecular weight is 279 g/mol. The molecule has 1 saturated heterocycles. The molecule has 1 amide bonds. The molecule has 1 fully saturated rings. The van der Waals surface area contributed by atoms with Crippen molar-refractivity contribution in [3.63, 3.8) is 0 Å². The second kappa shape index (κ2) is 7.24. The summed E-state index contributed by atoms with van der Waals surface area (Å²) in [5, 5.41) is 5.64. The van der Waals surface area contributed by atoms with Crippen LogP contribution in [0, 0.1) is 0 Å². The summed E-state index contributed by atoms with van der Waals surface area (Å²) < 4.78 is 35.3. The number of carbonyl (C=O) groups excluding carboxylic acids is 1. The number of piperidine rings is 1. The minimum atomic E-state index is -4.33. The predicted molar refractivity (Wildman–Crippen MR) is 59.8 cm³/mol. The first-order chi connectivity index (χ1) is 6.97. The van der Waals surface area contributed by atoms with Crippen LogP contribution in [0.2, 0.25) is 0 Å². The van der Waals surface area contributed by atoms with Crippen LogP contribution in [0.15, 0.2) is 0 Å². The van der Waals surface area contributed by atoms with E-state index in [1.165, 1.54) is 0 Å². The van der Waals surface area contributed by atoms with E-state index in [0.717, 1.165) is 19.4 Å². The number of halogens is 4. The van der Waals surface area contributed by atoms with Crippen LogP contribution in [0.5, 0.6) is 0 Å². The summed E-state index contributed by atoms with van der Waals surface area (Å²) in [6.45, 7) is 1.55. The highest BCUT2D eigenvalue weighted by molar-refractivity contribution is 8.00. The summed E-state index contributed by atoms with van der Waals surface area (Å²) in [5.41, 5.74) is -4.33. The first-order valence-corrected chi connectivity index (χ1v) is 5.67. The van der Waals surface area contributed by atoms with E-state index in [9.17, 15) is 18.0 Å². The van der Waals surface area contributed by atoms with Gasteiger partial charge in [0.25, 0.3) is 0 Å². The Balaban J connectivity index is 0.00000225. The normalized spacial score (nSPS) is 21.1. The van der Waals surface area contributed by atoms with Crippen molar-refractivity contribution in [1.82, 2.24) is 10.6 Å². The first kappa shape index (κ1) is 15.9. The Kier molecular flexibility index (Phi) is 7.17. The molecule has 8 heteroatoms. The maximum atomic E-state index is 11.8. The molecule has 0 bridgehead atoms. The molecule has 0 aromatic rings. The predicted octanol–water partition coefficient (Wildman–Crippen LogP) is 1.53. The van der Waals surface area contributed by atoms with Gasteiger partial charge in [0.05, 0.1) is 5.75 Å². The average Bonchev–Trinajstić information content (AvgIpc) is 2.15. The van der Waals surface area contributed by atoms with E-state index in [2.05, 4.69) is 10.6 Å². The molecule has 1 atom stereocenters. The molecule has 96 valence electrons. The zero-order valence-corrected chi connectivity index (χ0v) is 10.1. The summed E-state index contributed by atoms with van der Waals surface area (Å²) >= 11 is -0.302. The van der Waals surface area contributed by atoms with E-state index >= 15 is 0 Å². The van der Waals surface area contributed by atoms with E-state index in [-0.39, 0.29) is 30.2 Å². The number of thioether (sulfide) groups is 1. The van der Waals surface area contributed by atoms with Gasteiger partial charge in [0.2, 0.25) is 5.91 Å². The van der Waals surface area contributed by atoms with E-state index in [1.807, 2.05) is 0 Å². The number of hydrogen-bond acceptors (Lipinski definition) is 3. The van der Waals surface area contributed by atoms with Crippen LogP contribution in [0.4, 0.5) is 13.2 Å². The van der Waals surface area contributed by atoms with Gasteiger partial charge in [-0.3, -0.25) is 4.79 Å². The second-order valence-electron chi connectivity index (χ2n) is 3.35. The fourth-order valence-electron chi connectivity index (χ4n) is 1.39. The van der Waals surface area contributed by atoms with Crippen LogP contribution < -0.4 is 10.6 Å². The molecule has 0 aromatic heterocycles. The van der Waals surface area contributed by atoms with E-state index in [0.29, 0.717) is 6.54 Å². The van der Waals surface area contributed by atoms with E-state index in [4.69, 9.17) is 0 Å². The van der Waals surface area contributed by atoms with Crippen LogP contribution >= 0.6 is 24.2 Å². The molecule has 1 rings (SSSR count). The van der Waals surface area contributed by atoms with Crippen LogP contribution in [0.25, 0.3) is 0 Å². The third-order valence-electron chi connectivity index (χ3n) is 2.03. The Labute approximate surface area is 102 Å². The van der Waals surface area contributed by atoms with Crippen LogP contribution in [-0.2, 0) is 4.79 Å². The Bertz CT molecular complexity index is 222. The van der Waals surface area contributed by atoms with Crippen molar-refractivity contribution in [2.24, 2.45) is 0 Å². The molecule has 16 heavy (non-hydrogen) atoms. The molecule has 2 N–H and O–H groups in total. The summed E-state index contributed by atoms with van der Waals surface area (Å²) in [5.74, 6) is -1.11. The zero-order chi connectivity index (χ0) is 11.3. The lowest BCUT2D eigenvalue weighted by Crippen LogP contribution is -2.46. The molecule has 3 nitrogen and oxygen atoms in total. The van der Waals surface area contributed by atoms with Gasteiger partial charge in [-0.1, -0.05) is 0 Å². The number of hydrogen-bond donors (Lipinski definition) is 2. The topological polar surface area (TPSA) is 41.1 Å². The molecule has 1 heterocycles. The zero-order valence-electron chi connectivity index (χ0n) is 8.47. The lowest BCUT2D eigenvalue weighted by atomic mass is 10.1. The smallest absolute Gasteiger partial charge is 0.351 e. The molecule has 0 aromatic carbocycles. The van der Waals surface area contributed by atoms with Crippen LogP contribution in [-0.4, -0.2) is 36.3 Å². The fraction of sp³-hybridized carbons (Fsp3) is 0.875. The highest BCUT2D eigenvalue weighted by Crippen LogP contribution is 2.29. The first-order valence-electron chi connectivity index (χ1n) is 4.68. The van der Waals surface area contributed by atoms with Crippen molar-refractivity contribution >= 4 is 30.1 Å². The summed E-state index contributed by atoms with van der Waals surface area (Å²) in [7, 11) is 0. The fourth-order valence-corrected chi connectivity index (χ4v) is 1.77. The molecule has 0 saturated carbocycles. The quantitative estimate of drug-likeness (QED) is 0.823. The van der Waals surface area contributed by atoms with Crippen molar-refractivity contribution < 1.29 is 18.0 Å². The Morgan fingerprint density at radius 3 is 2.69 bits per heavy atom. The highest BCUT2D eigenvalue weighted by Gasteiger charge is 2.29. The minimum Gasteiger partial charge on any atom is -0.351 e. The maximum absolute atomic E-state index is 11.8. The third kappa shape index (κ3) is 7.19. The number of amides is 1. The SMILES string of the molecule is Cl.O=C(CSC(F)(F)F)N[C@H]1CCCNC1. The van der Waals surface area contributed by atoms with E-state index in [1.54, 1.807) is 0 Å². The van der Waals surface area contributed by atoms with Crippen molar-refractivity contribution in [2.45, 2.75) is 24.4 Å². The molecule has 0 unspecified atom stereocenters. The maximum Gasteiger partial charge on any atom is 0.442 e. The van der Waals surface area contributed by atoms with Crippen molar-refractivity contribution in [2.75, 3.05) is 18.8 Å². The van der Waals surface area contributed by atoms with Gasteiger partial charge >= 0.3 is 5.51 Å². The molecular weight excluding hydrogens is 265 g/mol.